The Bertz CT molecular complexity index is 554. The Kier molecular flexibility index (Phi) is 4.82. The summed E-state index contributed by atoms with van der Waals surface area (Å²) in [6.07, 6.45) is 2.13. The number of likely N-dealkylation sites (tertiary alicyclic amines) is 1. The van der Waals surface area contributed by atoms with E-state index in [-0.39, 0.29) is 16.7 Å². The van der Waals surface area contributed by atoms with Gasteiger partial charge in [0.1, 0.15) is 4.21 Å². The van der Waals surface area contributed by atoms with Crippen molar-refractivity contribution in [2.24, 2.45) is 5.92 Å². The molecule has 0 N–H and O–H groups in total. The lowest BCUT2D eigenvalue weighted by Crippen LogP contribution is -2.45. The first-order valence-corrected chi connectivity index (χ1v) is 9.01. The van der Waals surface area contributed by atoms with Gasteiger partial charge in [-0.2, -0.15) is 4.31 Å². The topological polar surface area (TPSA) is 57.7 Å². The highest BCUT2D eigenvalue weighted by molar-refractivity contribution is 7.91. The average molecular weight is 316 g/mol. The molecule has 2 rings (SSSR count). The zero-order valence-corrected chi connectivity index (χ0v) is 13.4. The first-order valence-electron chi connectivity index (χ1n) is 6.69. The number of nitrogens with zero attached hydrogens (tertiary/aromatic N) is 2. The number of carbonyl (C=O) groups excluding carboxylic acids is 1. The molecule has 5 nitrogen and oxygen atoms in total. The molecule has 1 fully saturated rings. The lowest BCUT2D eigenvalue weighted by Gasteiger charge is -2.32. The number of thiophene rings is 1. The number of sulfonamides is 1. The quantitative estimate of drug-likeness (QED) is 0.848. The van der Waals surface area contributed by atoms with E-state index in [2.05, 4.69) is 6.92 Å². The number of piperidine rings is 1. The summed E-state index contributed by atoms with van der Waals surface area (Å²) in [6, 6.07) is 3.25. The van der Waals surface area contributed by atoms with Gasteiger partial charge in [0, 0.05) is 20.1 Å². The summed E-state index contributed by atoms with van der Waals surface area (Å²) in [5.74, 6) is 0.381. The first-order chi connectivity index (χ1) is 9.41. The molecule has 0 spiro atoms. The molecule has 1 aromatic heterocycles. The molecule has 20 heavy (non-hydrogen) atoms. The molecule has 1 aliphatic heterocycles. The molecule has 1 unspecified atom stereocenters. The Hall–Kier alpha value is -0.920. The van der Waals surface area contributed by atoms with Gasteiger partial charge in [-0.3, -0.25) is 4.79 Å². The van der Waals surface area contributed by atoms with E-state index in [1.807, 2.05) is 0 Å². The van der Waals surface area contributed by atoms with E-state index in [0.717, 1.165) is 30.2 Å². The molecule has 1 atom stereocenters. The van der Waals surface area contributed by atoms with Crippen LogP contribution in [0.3, 0.4) is 0 Å². The van der Waals surface area contributed by atoms with Gasteiger partial charge in [0.25, 0.3) is 10.0 Å². The molecule has 1 aromatic rings. The van der Waals surface area contributed by atoms with Gasteiger partial charge in [0.15, 0.2) is 0 Å². The van der Waals surface area contributed by atoms with Gasteiger partial charge in [0.05, 0.1) is 6.54 Å². The molecule has 0 aromatic carbocycles. The number of rotatable bonds is 4. The summed E-state index contributed by atoms with van der Waals surface area (Å²) >= 11 is 1.17. The van der Waals surface area contributed by atoms with Gasteiger partial charge in [0.2, 0.25) is 5.91 Å². The standard InChI is InChI=1S/C13H20N2O3S2/c1-11-5-3-7-15(9-11)12(16)10-14(2)20(17,18)13-6-4-8-19-13/h4,6,8,11H,3,5,7,9-10H2,1-2H3. The predicted molar refractivity (Wildman–Crippen MR) is 79.1 cm³/mol. The van der Waals surface area contributed by atoms with E-state index in [0.29, 0.717) is 5.92 Å². The molecule has 112 valence electrons. The van der Waals surface area contributed by atoms with Crippen molar-refractivity contribution >= 4 is 27.3 Å². The summed E-state index contributed by atoms with van der Waals surface area (Å²) in [5.41, 5.74) is 0. The van der Waals surface area contributed by atoms with Crippen molar-refractivity contribution in [2.45, 2.75) is 24.0 Å². The zero-order chi connectivity index (χ0) is 14.8. The summed E-state index contributed by atoms with van der Waals surface area (Å²) in [4.78, 5) is 14.0. The molecule has 0 bridgehead atoms. The van der Waals surface area contributed by atoms with Crippen molar-refractivity contribution in [3.8, 4) is 0 Å². The summed E-state index contributed by atoms with van der Waals surface area (Å²) < 4.78 is 25.9. The van der Waals surface area contributed by atoms with Gasteiger partial charge in [-0.1, -0.05) is 13.0 Å². The maximum atomic E-state index is 12.2. The third-order valence-corrected chi connectivity index (χ3v) is 6.70. The fourth-order valence-corrected chi connectivity index (χ4v) is 4.68. The van der Waals surface area contributed by atoms with Crippen LogP contribution in [0.25, 0.3) is 0 Å². The molecule has 0 radical (unpaired) electrons. The fraction of sp³-hybridized carbons (Fsp3) is 0.615. The van der Waals surface area contributed by atoms with Crippen molar-refractivity contribution in [3.05, 3.63) is 17.5 Å². The maximum Gasteiger partial charge on any atom is 0.252 e. The minimum atomic E-state index is -3.54. The molecular weight excluding hydrogens is 296 g/mol. The number of carbonyl (C=O) groups is 1. The Morgan fingerprint density at radius 2 is 2.30 bits per heavy atom. The predicted octanol–water partition coefficient (Wildman–Crippen LogP) is 1.63. The molecule has 2 heterocycles. The molecule has 7 heteroatoms. The van der Waals surface area contributed by atoms with Gasteiger partial charge >= 0.3 is 0 Å². The minimum absolute atomic E-state index is 0.0903. The number of hydrogen-bond acceptors (Lipinski definition) is 4. The molecule has 1 amide bonds. The SMILES string of the molecule is CC1CCCN(C(=O)CN(C)S(=O)(=O)c2cccs2)C1. The third-order valence-electron chi connectivity index (χ3n) is 3.53. The van der Waals surface area contributed by atoms with E-state index in [9.17, 15) is 13.2 Å². The van der Waals surface area contributed by atoms with Crippen LogP contribution in [0.15, 0.2) is 21.7 Å². The summed E-state index contributed by atoms with van der Waals surface area (Å²) in [5, 5.41) is 1.72. The van der Waals surface area contributed by atoms with Gasteiger partial charge in [-0.25, -0.2) is 8.42 Å². The van der Waals surface area contributed by atoms with Crippen LogP contribution in [0, 0.1) is 5.92 Å². The van der Waals surface area contributed by atoms with E-state index < -0.39 is 10.0 Å². The second-order valence-electron chi connectivity index (χ2n) is 5.28. The van der Waals surface area contributed by atoms with Crippen molar-refractivity contribution < 1.29 is 13.2 Å². The lowest BCUT2D eigenvalue weighted by atomic mass is 10.0. The van der Waals surface area contributed by atoms with Crippen LogP contribution < -0.4 is 0 Å². The molecule has 0 aliphatic carbocycles. The van der Waals surface area contributed by atoms with Crippen LogP contribution >= 0.6 is 11.3 Å². The van der Waals surface area contributed by atoms with Crippen molar-refractivity contribution in [2.75, 3.05) is 26.7 Å². The van der Waals surface area contributed by atoms with E-state index in [4.69, 9.17) is 0 Å². The van der Waals surface area contributed by atoms with E-state index in [1.54, 1.807) is 22.4 Å². The fourth-order valence-electron chi connectivity index (χ4n) is 2.36. The van der Waals surface area contributed by atoms with Crippen LogP contribution in [0.1, 0.15) is 19.8 Å². The monoisotopic (exact) mass is 316 g/mol. The van der Waals surface area contributed by atoms with E-state index >= 15 is 0 Å². The average Bonchev–Trinajstić information content (AvgIpc) is 2.93. The maximum absolute atomic E-state index is 12.2. The van der Waals surface area contributed by atoms with Crippen LogP contribution in [0.2, 0.25) is 0 Å². The normalized spacial score (nSPS) is 20.4. The second kappa shape index (κ2) is 6.24. The van der Waals surface area contributed by atoms with Crippen molar-refractivity contribution in [3.63, 3.8) is 0 Å². The van der Waals surface area contributed by atoms with Gasteiger partial charge in [-0.15, -0.1) is 11.3 Å². The zero-order valence-electron chi connectivity index (χ0n) is 11.8. The van der Waals surface area contributed by atoms with Crippen LogP contribution in [0.5, 0.6) is 0 Å². The smallest absolute Gasteiger partial charge is 0.252 e. The van der Waals surface area contributed by atoms with Crippen LogP contribution in [-0.2, 0) is 14.8 Å². The van der Waals surface area contributed by atoms with E-state index in [1.165, 1.54) is 18.4 Å². The molecule has 1 saturated heterocycles. The lowest BCUT2D eigenvalue weighted by molar-refractivity contribution is -0.132. The third kappa shape index (κ3) is 3.39. The largest absolute Gasteiger partial charge is 0.341 e. The highest BCUT2D eigenvalue weighted by Crippen LogP contribution is 2.20. The van der Waals surface area contributed by atoms with Gasteiger partial charge in [-0.05, 0) is 30.2 Å². The van der Waals surface area contributed by atoms with Crippen LogP contribution in [0.4, 0.5) is 0 Å². The highest BCUT2D eigenvalue weighted by atomic mass is 32.2. The molecule has 1 aliphatic rings. The summed E-state index contributed by atoms with van der Waals surface area (Å²) in [6.45, 7) is 3.49. The number of amides is 1. The van der Waals surface area contributed by atoms with Gasteiger partial charge < -0.3 is 4.90 Å². The Balaban J connectivity index is 2.00. The number of likely N-dealkylation sites (N-methyl/N-ethyl adjacent to an activating group) is 1. The Labute approximate surface area is 124 Å². The molecular formula is C13H20N2O3S2. The van der Waals surface area contributed by atoms with Crippen LogP contribution in [-0.4, -0.2) is 50.2 Å². The summed E-state index contributed by atoms with van der Waals surface area (Å²) in [7, 11) is -2.08. The van der Waals surface area contributed by atoms with Crippen molar-refractivity contribution in [1.29, 1.82) is 0 Å². The minimum Gasteiger partial charge on any atom is -0.341 e. The Morgan fingerprint density at radius 1 is 1.55 bits per heavy atom. The highest BCUT2D eigenvalue weighted by Gasteiger charge is 2.27. The first kappa shape index (κ1) is 15.5. The molecule has 0 saturated carbocycles. The van der Waals surface area contributed by atoms with Crippen molar-refractivity contribution in [1.82, 2.24) is 9.21 Å². The second-order valence-corrected chi connectivity index (χ2v) is 8.50. The Morgan fingerprint density at radius 3 is 2.90 bits per heavy atom. The number of hydrogen-bond donors (Lipinski definition) is 0.